The summed E-state index contributed by atoms with van der Waals surface area (Å²) in [6, 6.07) is 14.7. The van der Waals surface area contributed by atoms with E-state index in [-0.39, 0.29) is 11.9 Å². The van der Waals surface area contributed by atoms with Crippen LogP contribution in [-0.2, 0) is 0 Å². The number of hydrogen-bond acceptors (Lipinski definition) is 4. The van der Waals surface area contributed by atoms with Crippen LogP contribution in [0.15, 0.2) is 53.0 Å². The van der Waals surface area contributed by atoms with Gasteiger partial charge in [-0.25, -0.2) is 4.98 Å². The third-order valence-electron chi connectivity index (χ3n) is 3.56. The number of carbonyl (C=O) groups is 1. The van der Waals surface area contributed by atoms with Gasteiger partial charge >= 0.3 is 0 Å². The standard InChI is InChI=1S/C20H18BrNO3/c1-12(2)24-16-6-8-19(17(21)11-16)25-20-9-5-15-10-14(13(3)23)4-7-18(15)22-20/h4-12H,1-3H3. The van der Waals surface area contributed by atoms with Gasteiger partial charge in [-0.05, 0) is 79.2 Å². The fourth-order valence-electron chi connectivity index (χ4n) is 2.41. The van der Waals surface area contributed by atoms with Crippen molar-refractivity contribution in [1.29, 1.82) is 0 Å². The zero-order chi connectivity index (χ0) is 18.0. The first-order valence-corrected chi connectivity index (χ1v) is 8.77. The highest BCUT2D eigenvalue weighted by atomic mass is 79.9. The molecule has 1 heterocycles. The minimum Gasteiger partial charge on any atom is -0.491 e. The first kappa shape index (κ1) is 17.4. The SMILES string of the molecule is CC(=O)c1ccc2nc(Oc3ccc(OC(C)C)cc3Br)ccc2c1. The summed E-state index contributed by atoms with van der Waals surface area (Å²) in [7, 11) is 0. The Labute approximate surface area is 154 Å². The van der Waals surface area contributed by atoms with Gasteiger partial charge in [0.05, 0.1) is 16.1 Å². The molecule has 0 spiro atoms. The van der Waals surface area contributed by atoms with E-state index in [1.54, 1.807) is 19.1 Å². The van der Waals surface area contributed by atoms with Crippen molar-refractivity contribution in [2.75, 3.05) is 0 Å². The number of carbonyl (C=O) groups excluding carboxylic acids is 1. The molecule has 0 saturated carbocycles. The van der Waals surface area contributed by atoms with E-state index in [1.807, 2.05) is 50.2 Å². The molecule has 1 aromatic heterocycles. The van der Waals surface area contributed by atoms with Gasteiger partial charge in [-0.2, -0.15) is 0 Å². The lowest BCUT2D eigenvalue weighted by molar-refractivity contribution is 0.101. The average molecular weight is 400 g/mol. The van der Waals surface area contributed by atoms with E-state index in [9.17, 15) is 4.79 Å². The van der Waals surface area contributed by atoms with Crippen molar-refractivity contribution in [3.8, 4) is 17.4 Å². The molecule has 0 bridgehead atoms. The number of pyridine rings is 1. The number of Topliss-reactive ketones (excluding diaryl/α,β-unsaturated/α-hetero) is 1. The normalized spacial score (nSPS) is 10.9. The third-order valence-corrected chi connectivity index (χ3v) is 4.18. The minimum absolute atomic E-state index is 0.0369. The van der Waals surface area contributed by atoms with Crippen LogP contribution >= 0.6 is 15.9 Å². The van der Waals surface area contributed by atoms with Crippen LogP contribution in [0.25, 0.3) is 10.9 Å². The molecule has 0 aliphatic rings. The predicted octanol–water partition coefficient (Wildman–Crippen LogP) is 5.78. The van der Waals surface area contributed by atoms with E-state index < -0.39 is 0 Å². The fraction of sp³-hybridized carbons (Fsp3) is 0.200. The number of ketones is 1. The van der Waals surface area contributed by atoms with E-state index in [2.05, 4.69) is 20.9 Å². The lowest BCUT2D eigenvalue weighted by Crippen LogP contribution is -2.05. The summed E-state index contributed by atoms with van der Waals surface area (Å²) in [5.74, 6) is 1.96. The summed E-state index contributed by atoms with van der Waals surface area (Å²) < 4.78 is 12.3. The van der Waals surface area contributed by atoms with Gasteiger partial charge in [0.1, 0.15) is 11.5 Å². The first-order chi connectivity index (χ1) is 11.9. The lowest BCUT2D eigenvalue weighted by Gasteiger charge is -2.12. The fourth-order valence-corrected chi connectivity index (χ4v) is 2.84. The van der Waals surface area contributed by atoms with Crippen molar-refractivity contribution in [3.63, 3.8) is 0 Å². The molecular weight excluding hydrogens is 382 g/mol. The Balaban J connectivity index is 1.85. The summed E-state index contributed by atoms with van der Waals surface area (Å²) in [6.07, 6.45) is 0.112. The summed E-state index contributed by atoms with van der Waals surface area (Å²) in [4.78, 5) is 16.0. The van der Waals surface area contributed by atoms with Crippen LogP contribution in [0.4, 0.5) is 0 Å². The number of fused-ring (bicyclic) bond motifs is 1. The van der Waals surface area contributed by atoms with E-state index in [1.165, 1.54) is 0 Å². The molecule has 0 aliphatic carbocycles. The molecule has 3 rings (SSSR count). The number of halogens is 1. The van der Waals surface area contributed by atoms with E-state index >= 15 is 0 Å². The molecule has 25 heavy (non-hydrogen) atoms. The summed E-state index contributed by atoms with van der Waals surface area (Å²) in [5.41, 5.74) is 1.45. The molecule has 0 fully saturated rings. The van der Waals surface area contributed by atoms with Crippen molar-refractivity contribution in [1.82, 2.24) is 4.98 Å². The monoisotopic (exact) mass is 399 g/mol. The maximum Gasteiger partial charge on any atom is 0.219 e. The van der Waals surface area contributed by atoms with E-state index in [4.69, 9.17) is 9.47 Å². The third kappa shape index (κ3) is 4.17. The van der Waals surface area contributed by atoms with Crippen molar-refractivity contribution in [3.05, 3.63) is 58.6 Å². The van der Waals surface area contributed by atoms with Crippen molar-refractivity contribution in [2.24, 2.45) is 0 Å². The first-order valence-electron chi connectivity index (χ1n) is 7.98. The van der Waals surface area contributed by atoms with Crippen LogP contribution in [0.2, 0.25) is 0 Å². The van der Waals surface area contributed by atoms with Crippen LogP contribution in [0.3, 0.4) is 0 Å². The van der Waals surface area contributed by atoms with Gasteiger partial charge in [0.2, 0.25) is 5.88 Å². The van der Waals surface area contributed by atoms with Gasteiger partial charge < -0.3 is 9.47 Å². The molecule has 0 atom stereocenters. The molecule has 0 radical (unpaired) electrons. The van der Waals surface area contributed by atoms with Gasteiger partial charge in [-0.3, -0.25) is 4.79 Å². The molecule has 128 valence electrons. The van der Waals surface area contributed by atoms with Crippen molar-refractivity contribution >= 4 is 32.6 Å². The summed E-state index contributed by atoms with van der Waals surface area (Å²) in [5, 5.41) is 0.903. The van der Waals surface area contributed by atoms with Gasteiger partial charge in [-0.1, -0.05) is 0 Å². The molecule has 3 aromatic rings. The van der Waals surface area contributed by atoms with Crippen LogP contribution in [0.1, 0.15) is 31.1 Å². The topological polar surface area (TPSA) is 48.4 Å². The Hall–Kier alpha value is -2.40. The molecule has 0 N–H and O–H groups in total. The van der Waals surface area contributed by atoms with Gasteiger partial charge in [0, 0.05) is 17.0 Å². The maximum absolute atomic E-state index is 11.5. The Morgan fingerprint density at radius 2 is 1.88 bits per heavy atom. The molecule has 0 amide bonds. The zero-order valence-corrected chi connectivity index (χ0v) is 15.8. The number of hydrogen-bond donors (Lipinski definition) is 0. The maximum atomic E-state index is 11.5. The number of rotatable bonds is 5. The molecular formula is C20H18BrNO3. The van der Waals surface area contributed by atoms with Crippen molar-refractivity contribution < 1.29 is 14.3 Å². The average Bonchev–Trinajstić information content (AvgIpc) is 2.56. The number of nitrogens with zero attached hydrogens (tertiary/aromatic N) is 1. The second-order valence-electron chi connectivity index (χ2n) is 5.97. The van der Waals surface area contributed by atoms with Crippen LogP contribution < -0.4 is 9.47 Å². The second-order valence-corrected chi connectivity index (χ2v) is 6.83. The number of benzene rings is 2. The molecule has 2 aromatic carbocycles. The quantitative estimate of drug-likeness (QED) is 0.510. The summed E-state index contributed by atoms with van der Waals surface area (Å²) >= 11 is 3.50. The minimum atomic E-state index is 0.0369. The largest absolute Gasteiger partial charge is 0.491 e. The van der Waals surface area contributed by atoms with Gasteiger partial charge in [0.15, 0.2) is 5.78 Å². The van der Waals surface area contributed by atoms with Crippen molar-refractivity contribution in [2.45, 2.75) is 26.9 Å². The highest BCUT2D eigenvalue weighted by molar-refractivity contribution is 9.10. The van der Waals surface area contributed by atoms with Crippen LogP contribution in [-0.4, -0.2) is 16.9 Å². The van der Waals surface area contributed by atoms with Crippen LogP contribution in [0, 0.1) is 0 Å². The molecule has 0 unspecified atom stereocenters. The Kier molecular flexibility index (Phi) is 5.04. The Morgan fingerprint density at radius 3 is 2.56 bits per heavy atom. The lowest BCUT2D eigenvalue weighted by atomic mass is 10.1. The zero-order valence-electron chi connectivity index (χ0n) is 14.2. The Morgan fingerprint density at radius 1 is 1.08 bits per heavy atom. The molecule has 0 aliphatic heterocycles. The van der Waals surface area contributed by atoms with Gasteiger partial charge in [-0.15, -0.1) is 0 Å². The van der Waals surface area contributed by atoms with Gasteiger partial charge in [0.25, 0.3) is 0 Å². The second kappa shape index (κ2) is 7.23. The molecule has 0 saturated heterocycles. The smallest absolute Gasteiger partial charge is 0.219 e. The predicted molar refractivity (Wildman–Crippen MR) is 102 cm³/mol. The Bertz CT molecular complexity index is 937. The number of ether oxygens (including phenoxy) is 2. The van der Waals surface area contributed by atoms with Crippen LogP contribution in [0.5, 0.6) is 17.4 Å². The number of aromatic nitrogens is 1. The molecule has 4 nitrogen and oxygen atoms in total. The molecule has 5 heteroatoms. The summed E-state index contributed by atoms with van der Waals surface area (Å²) in [6.45, 7) is 5.51. The van der Waals surface area contributed by atoms with E-state index in [0.29, 0.717) is 17.2 Å². The van der Waals surface area contributed by atoms with E-state index in [0.717, 1.165) is 21.1 Å². The highest BCUT2D eigenvalue weighted by Crippen LogP contribution is 2.33. The highest BCUT2D eigenvalue weighted by Gasteiger charge is 2.08.